The molecule has 22 heavy (non-hydrogen) atoms. The first-order chi connectivity index (χ1) is 10.9. The van der Waals surface area contributed by atoms with Crippen LogP contribution in [0.1, 0.15) is 5.56 Å². The Bertz CT molecular complexity index is 894. The zero-order chi connectivity index (χ0) is 14.8. The highest BCUT2D eigenvalue weighted by atomic mass is 15.2. The van der Waals surface area contributed by atoms with Gasteiger partial charge in [-0.05, 0) is 23.8 Å². The zero-order valence-corrected chi connectivity index (χ0v) is 11.7. The molecule has 2 aromatic heterocycles. The lowest BCUT2D eigenvalue weighted by atomic mass is 10.1. The van der Waals surface area contributed by atoms with Crippen molar-refractivity contribution in [2.75, 3.05) is 5.32 Å². The molecule has 3 N–H and O–H groups in total. The Morgan fingerprint density at radius 3 is 2.91 bits per heavy atom. The summed E-state index contributed by atoms with van der Waals surface area (Å²) in [7, 11) is 0. The number of aromatic amines is 2. The molecule has 0 fully saturated rings. The number of fused-ring (bicyclic) bond motifs is 1. The van der Waals surface area contributed by atoms with Crippen molar-refractivity contribution >= 4 is 16.6 Å². The largest absolute Gasteiger partial charge is 0.381 e. The molecule has 4 aromatic rings. The normalized spacial score (nSPS) is 10.9. The topological polar surface area (TPSA) is 82.3 Å². The summed E-state index contributed by atoms with van der Waals surface area (Å²) < 4.78 is 0. The van der Waals surface area contributed by atoms with E-state index in [1.165, 1.54) is 11.9 Å². The van der Waals surface area contributed by atoms with Gasteiger partial charge in [-0.1, -0.05) is 24.3 Å². The summed E-state index contributed by atoms with van der Waals surface area (Å²) in [6.07, 6.45) is 3.34. The predicted molar refractivity (Wildman–Crippen MR) is 85.2 cm³/mol. The molecule has 0 unspecified atom stereocenters. The van der Waals surface area contributed by atoms with Gasteiger partial charge in [-0.3, -0.25) is 10.2 Å². The third kappa shape index (κ3) is 2.42. The Balaban J connectivity index is 1.52. The van der Waals surface area contributed by atoms with Crippen LogP contribution in [0.4, 0.5) is 5.69 Å². The van der Waals surface area contributed by atoms with E-state index in [2.05, 4.69) is 55.0 Å². The Kier molecular flexibility index (Phi) is 3.05. The third-order valence-electron chi connectivity index (χ3n) is 3.55. The van der Waals surface area contributed by atoms with E-state index < -0.39 is 0 Å². The Morgan fingerprint density at radius 1 is 1.00 bits per heavy atom. The SMILES string of the molecule is c1cc(NCc2ccc3cn[nH]c3c2)cc(-c2ncn[nH]2)c1. The lowest BCUT2D eigenvalue weighted by Crippen LogP contribution is -1.99. The molecule has 0 amide bonds. The van der Waals surface area contributed by atoms with Gasteiger partial charge < -0.3 is 5.32 Å². The van der Waals surface area contributed by atoms with Crippen molar-refractivity contribution in [2.24, 2.45) is 0 Å². The molecule has 0 aliphatic carbocycles. The molecule has 0 aliphatic heterocycles. The number of nitrogens with one attached hydrogen (secondary N) is 3. The van der Waals surface area contributed by atoms with Gasteiger partial charge in [0.1, 0.15) is 6.33 Å². The highest BCUT2D eigenvalue weighted by Gasteiger charge is 2.02. The minimum atomic E-state index is 0.745. The number of rotatable bonds is 4. The van der Waals surface area contributed by atoms with Crippen LogP contribution >= 0.6 is 0 Å². The van der Waals surface area contributed by atoms with Gasteiger partial charge in [0.25, 0.3) is 0 Å². The molecule has 4 rings (SSSR count). The summed E-state index contributed by atoms with van der Waals surface area (Å²) >= 11 is 0. The second-order valence-corrected chi connectivity index (χ2v) is 5.06. The van der Waals surface area contributed by atoms with Crippen molar-refractivity contribution in [2.45, 2.75) is 6.54 Å². The van der Waals surface area contributed by atoms with Crippen LogP contribution < -0.4 is 5.32 Å². The Labute approximate surface area is 126 Å². The molecular weight excluding hydrogens is 276 g/mol. The fourth-order valence-corrected chi connectivity index (χ4v) is 2.42. The van der Waals surface area contributed by atoms with Crippen molar-refractivity contribution in [3.63, 3.8) is 0 Å². The molecule has 0 saturated heterocycles. The number of benzene rings is 2. The monoisotopic (exact) mass is 290 g/mol. The summed E-state index contributed by atoms with van der Waals surface area (Å²) in [5, 5.41) is 18.3. The van der Waals surface area contributed by atoms with Crippen LogP contribution in [0, 0.1) is 0 Å². The first kappa shape index (κ1) is 12.6. The highest BCUT2D eigenvalue weighted by Crippen LogP contribution is 2.20. The van der Waals surface area contributed by atoms with E-state index in [9.17, 15) is 0 Å². The van der Waals surface area contributed by atoms with Crippen LogP contribution in [-0.2, 0) is 6.54 Å². The number of hydrogen-bond donors (Lipinski definition) is 3. The molecule has 0 bridgehead atoms. The average Bonchev–Trinajstić information content (AvgIpc) is 3.24. The summed E-state index contributed by atoms with van der Waals surface area (Å²) in [5.74, 6) is 0.766. The molecule has 0 atom stereocenters. The Morgan fingerprint density at radius 2 is 2.00 bits per heavy atom. The highest BCUT2D eigenvalue weighted by molar-refractivity contribution is 5.78. The molecule has 0 spiro atoms. The smallest absolute Gasteiger partial charge is 0.155 e. The molecule has 6 heteroatoms. The van der Waals surface area contributed by atoms with Gasteiger partial charge >= 0.3 is 0 Å². The van der Waals surface area contributed by atoms with Crippen molar-refractivity contribution < 1.29 is 0 Å². The van der Waals surface area contributed by atoms with E-state index in [0.717, 1.165) is 34.5 Å². The van der Waals surface area contributed by atoms with Gasteiger partial charge in [-0.2, -0.15) is 10.2 Å². The number of anilines is 1. The standard InChI is InChI=1S/C16H14N6/c1-2-12(16-18-10-20-22-16)7-14(3-1)17-8-11-4-5-13-9-19-21-15(13)6-11/h1-7,9-10,17H,8H2,(H,19,21)(H,18,20,22). The first-order valence-electron chi connectivity index (χ1n) is 7.00. The van der Waals surface area contributed by atoms with E-state index >= 15 is 0 Å². The summed E-state index contributed by atoms with van der Waals surface area (Å²) in [6, 6.07) is 14.4. The number of hydrogen-bond acceptors (Lipinski definition) is 4. The van der Waals surface area contributed by atoms with Gasteiger partial charge in [0.2, 0.25) is 0 Å². The fraction of sp³-hybridized carbons (Fsp3) is 0.0625. The lowest BCUT2D eigenvalue weighted by Gasteiger charge is -2.08. The molecule has 2 aromatic carbocycles. The quantitative estimate of drug-likeness (QED) is 0.539. The fourth-order valence-electron chi connectivity index (χ4n) is 2.42. The lowest BCUT2D eigenvalue weighted by molar-refractivity contribution is 1.09. The molecule has 108 valence electrons. The van der Waals surface area contributed by atoms with Crippen LogP contribution in [0.5, 0.6) is 0 Å². The van der Waals surface area contributed by atoms with Gasteiger partial charge in [0.15, 0.2) is 5.82 Å². The van der Waals surface area contributed by atoms with Crippen LogP contribution in [0.25, 0.3) is 22.3 Å². The summed E-state index contributed by atoms with van der Waals surface area (Å²) in [5.41, 5.74) is 4.29. The van der Waals surface area contributed by atoms with Gasteiger partial charge in [-0.15, -0.1) is 0 Å². The molecule has 6 nitrogen and oxygen atoms in total. The molecule has 2 heterocycles. The van der Waals surface area contributed by atoms with Gasteiger partial charge in [-0.25, -0.2) is 4.98 Å². The second-order valence-electron chi connectivity index (χ2n) is 5.06. The maximum Gasteiger partial charge on any atom is 0.155 e. The van der Waals surface area contributed by atoms with Crippen LogP contribution in [0.3, 0.4) is 0 Å². The molecular formula is C16H14N6. The van der Waals surface area contributed by atoms with E-state index in [0.29, 0.717) is 0 Å². The maximum atomic E-state index is 4.17. The van der Waals surface area contributed by atoms with Crippen LogP contribution in [-0.4, -0.2) is 25.4 Å². The molecule has 0 radical (unpaired) electrons. The van der Waals surface area contributed by atoms with Gasteiger partial charge in [0, 0.05) is 23.2 Å². The summed E-state index contributed by atoms with van der Waals surface area (Å²) in [6.45, 7) is 0.745. The zero-order valence-electron chi connectivity index (χ0n) is 11.7. The Hall–Kier alpha value is -3.15. The minimum absolute atomic E-state index is 0.745. The van der Waals surface area contributed by atoms with Crippen LogP contribution in [0.2, 0.25) is 0 Å². The third-order valence-corrected chi connectivity index (χ3v) is 3.55. The van der Waals surface area contributed by atoms with E-state index in [-0.39, 0.29) is 0 Å². The van der Waals surface area contributed by atoms with Crippen molar-refractivity contribution in [3.05, 3.63) is 60.6 Å². The maximum absolute atomic E-state index is 4.17. The summed E-state index contributed by atoms with van der Waals surface area (Å²) in [4.78, 5) is 4.17. The van der Waals surface area contributed by atoms with E-state index in [4.69, 9.17) is 0 Å². The minimum Gasteiger partial charge on any atom is -0.381 e. The van der Waals surface area contributed by atoms with Crippen LogP contribution in [0.15, 0.2) is 55.0 Å². The molecule has 0 aliphatic rings. The van der Waals surface area contributed by atoms with Crippen molar-refractivity contribution in [1.82, 2.24) is 25.4 Å². The number of aromatic nitrogens is 5. The van der Waals surface area contributed by atoms with Crippen molar-refractivity contribution in [1.29, 1.82) is 0 Å². The number of nitrogens with zero attached hydrogens (tertiary/aromatic N) is 3. The predicted octanol–water partition coefficient (Wildman–Crippen LogP) is 2.96. The van der Waals surface area contributed by atoms with Gasteiger partial charge in [0.05, 0.1) is 11.7 Å². The average molecular weight is 290 g/mol. The van der Waals surface area contributed by atoms with E-state index in [1.54, 1.807) is 0 Å². The first-order valence-corrected chi connectivity index (χ1v) is 7.00. The second kappa shape index (κ2) is 5.33. The number of H-pyrrole nitrogens is 2. The van der Waals surface area contributed by atoms with E-state index in [1.807, 2.05) is 24.4 Å². The molecule has 0 saturated carbocycles. The van der Waals surface area contributed by atoms with Crippen molar-refractivity contribution in [3.8, 4) is 11.4 Å².